The van der Waals surface area contributed by atoms with Crippen LogP contribution in [0.1, 0.15) is 34.0 Å². The summed E-state index contributed by atoms with van der Waals surface area (Å²) in [5, 5.41) is 0. The fourth-order valence-corrected chi connectivity index (χ4v) is 2.39. The van der Waals surface area contributed by atoms with Gasteiger partial charge in [0.15, 0.2) is 0 Å². The molecule has 0 amide bonds. The molecule has 0 saturated heterocycles. The van der Waals surface area contributed by atoms with Gasteiger partial charge in [-0.1, -0.05) is 12.1 Å². The van der Waals surface area contributed by atoms with E-state index in [-0.39, 0.29) is 5.52 Å². The van der Waals surface area contributed by atoms with Gasteiger partial charge in [-0.3, -0.25) is 9.36 Å². The third-order valence-corrected chi connectivity index (χ3v) is 3.95. The van der Waals surface area contributed by atoms with Crippen molar-refractivity contribution in [2.75, 3.05) is 6.61 Å². The molecule has 0 spiro atoms. The molecule has 0 N–H and O–H groups in total. The van der Waals surface area contributed by atoms with E-state index in [9.17, 15) is 9.36 Å². The smallest absolute Gasteiger partial charge is 0.260 e. The molecular formula is C12H17O3P. The van der Waals surface area contributed by atoms with Crippen molar-refractivity contribution in [1.29, 1.82) is 0 Å². The fraction of sp³-hybridized carbons (Fsp3) is 0.417. The maximum absolute atomic E-state index is 11.8. The molecule has 0 aliphatic heterocycles. The molecule has 0 bridgehead atoms. The highest BCUT2D eigenvalue weighted by Crippen LogP contribution is 2.30. The Labute approximate surface area is 96.7 Å². The number of hydrogen-bond donors (Lipinski definition) is 0. The molecule has 0 saturated carbocycles. The first-order chi connectivity index (χ1) is 7.49. The monoisotopic (exact) mass is 240 g/mol. The Morgan fingerprint density at radius 1 is 1.25 bits per heavy atom. The SMILES string of the molecule is CCO[PH](=O)C(=O)c1ccc(C)c(C)c1C. The van der Waals surface area contributed by atoms with Crippen molar-refractivity contribution in [2.24, 2.45) is 0 Å². The Hall–Kier alpha value is -0.920. The van der Waals surface area contributed by atoms with Gasteiger partial charge < -0.3 is 4.52 Å². The lowest BCUT2D eigenvalue weighted by atomic mass is 10.00. The van der Waals surface area contributed by atoms with Gasteiger partial charge in [-0.05, 0) is 44.4 Å². The maximum Gasteiger partial charge on any atom is 0.260 e. The van der Waals surface area contributed by atoms with Crippen LogP contribution >= 0.6 is 8.03 Å². The van der Waals surface area contributed by atoms with Crippen LogP contribution in [0.5, 0.6) is 0 Å². The van der Waals surface area contributed by atoms with Gasteiger partial charge in [0.05, 0.1) is 6.61 Å². The molecule has 0 aliphatic rings. The lowest BCUT2D eigenvalue weighted by Crippen LogP contribution is -2.01. The fourth-order valence-electron chi connectivity index (χ4n) is 1.51. The molecule has 1 unspecified atom stereocenters. The predicted octanol–water partition coefficient (Wildman–Crippen LogP) is 3.26. The summed E-state index contributed by atoms with van der Waals surface area (Å²) in [6.45, 7) is 7.84. The molecule has 1 rings (SSSR count). The molecule has 88 valence electrons. The molecule has 0 heterocycles. The lowest BCUT2D eigenvalue weighted by Gasteiger charge is -2.09. The molecule has 0 aliphatic carbocycles. The molecule has 0 radical (unpaired) electrons. The number of benzene rings is 1. The third-order valence-electron chi connectivity index (χ3n) is 2.76. The molecule has 4 heteroatoms. The number of carbonyl (C=O) groups excluding carboxylic acids is 1. The minimum absolute atomic E-state index is 0.299. The van der Waals surface area contributed by atoms with Crippen molar-refractivity contribution in [3.63, 3.8) is 0 Å². The molecule has 3 nitrogen and oxygen atoms in total. The van der Waals surface area contributed by atoms with E-state index in [1.54, 1.807) is 13.0 Å². The van der Waals surface area contributed by atoms with Crippen molar-refractivity contribution in [1.82, 2.24) is 0 Å². The van der Waals surface area contributed by atoms with Crippen molar-refractivity contribution in [3.8, 4) is 0 Å². The first kappa shape index (κ1) is 13.1. The minimum Gasteiger partial charge on any atom is -0.325 e. The molecule has 0 fully saturated rings. The number of aryl methyl sites for hydroxylation is 1. The van der Waals surface area contributed by atoms with Crippen molar-refractivity contribution >= 4 is 13.6 Å². The van der Waals surface area contributed by atoms with Crippen LogP contribution in [0, 0.1) is 20.8 Å². The van der Waals surface area contributed by atoms with Crippen LogP contribution in [0.15, 0.2) is 12.1 Å². The van der Waals surface area contributed by atoms with Gasteiger partial charge in [-0.25, -0.2) is 0 Å². The number of rotatable bonds is 4. The summed E-state index contributed by atoms with van der Waals surface area (Å²) >= 11 is 0. The molecule has 1 atom stereocenters. The van der Waals surface area contributed by atoms with Gasteiger partial charge in [0.25, 0.3) is 8.03 Å². The second-order valence-corrected chi connectivity index (χ2v) is 5.05. The summed E-state index contributed by atoms with van der Waals surface area (Å²) in [7, 11) is -2.61. The molecular weight excluding hydrogens is 223 g/mol. The summed E-state index contributed by atoms with van der Waals surface area (Å²) in [5.74, 6) is 0. The topological polar surface area (TPSA) is 43.4 Å². The van der Waals surface area contributed by atoms with Gasteiger partial charge in [-0.15, -0.1) is 0 Å². The summed E-state index contributed by atoms with van der Waals surface area (Å²) in [6, 6.07) is 3.60. The van der Waals surface area contributed by atoms with Crippen LogP contribution in [0.3, 0.4) is 0 Å². The van der Waals surface area contributed by atoms with Gasteiger partial charge in [-0.2, -0.15) is 0 Å². The Bertz CT molecular complexity index is 438. The van der Waals surface area contributed by atoms with E-state index in [2.05, 4.69) is 0 Å². The van der Waals surface area contributed by atoms with Crippen LogP contribution < -0.4 is 0 Å². The maximum atomic E-state index is 11.8. The van der Waals surface area contributed by atoms with Crippen LogP contribution in [0.25, 0.3) is 0 Å². The van der Waals surface area contributed by atoms with E-state index in [1.807, 2.05) is 26.8 Å². The summed E-state index contributed by atoms with van der Waals surface area (Å²) in [6.07, 6.45) is 0. The van der Waals surface area contributed by atoms with Crippen molar-refractivity contribution in [3.05, 3.63) is 34.4 Å². The molecule has 16 heavy (non-hydrogen) atoms. The minimum atomic E-state index is -2.61. The average molecular weight is 240 g/mol. The van der Waals surface area contributed by atoms with Crippen LogP contribution in [0.4, 0.5) is 0 Å². The Morgan fingerprint density at radius 2 is 1.88 bits per heavy atom. The van der Waals surface area contributed by atoms with Crippen molar-refractivity contribution < 1.29 is 13.9 Å². The molecule has 1 aromatic carbocycles. The van der Waals surface area contributed by atoms with E-state index in [0.29, 0.717) is 12.2 Å². The van der Waals surface area contributed by atoms with E-state index in [0.717, 1.165) is 16.7 Å². The van der Waals surface area contributed by atoms with Gasteiger partial charge in [0.1, 0.15) is 0 Å². The highest BCUT2D eigenvalue weighted by atomic mass is 31.1. The Morgan fingerprint density at radius 3 is 2.44 bits per heavy atom. The quantitative estimate of drug-likeness (QED) is 0.758. The normalized spacial score (nSPS) is 12.5. The van der Waals surface area contributed by atoms with E-state index in [1.165, 1.54) is 0 Å². The van der Waals surface area contributed by atoms with E-state index in [4.69, 9.17) is 4.52 Å². The van der Waals surface area contributed by atoms with Crippen LogP contribution in [-0.4, -0.2) is 12.1 Å². The zero-order valence-electron chi connectivity index (χ0n) is 10.1. The number of carbonyl (C=O) groups is 1. The molecule has 0 aromatic heterocycles. The zero-order valence-corrected chi connectivity index (χ0v) is 11.1. The highest BCUT2D eigenvalue weighted by molar-refractivity contribution is 7.60. The van der Waals surface area contributed by atoms with Gasteiger partial charge in [0, 0.05) is 5.56 Å². The van der Waals surface area contributed by atoms with E-state index < -0.39 is 8.03 Å². The lowest BCUT2D eigenvalue weighted by molar-refractivity contribution is 0.106. The first-order valence-electron chi connectivity index (χ1n) is 5.27. The largest absolute Gasteiger partial charge is 0.325 e. The Balaban J connectivity index is 3.10. The predicted molar refractivity (Wildman–Crippen MR) is 65.6 cm³/mol. The van der Waals surface area contributed by atoms with Gasteiger partial charge >= 0.3 is 0 Å². The second-order valence-electron chi connectivity index (χ2n) is 3.73. The first-order valence-corrected chi connectivity index (χ1v) is 6.59. The van der Waals surface area contributed by atoms with Crippen LogP contribution in [-0.2, 0) is 9.09 Å². The summed E-state index contributed by atoms with van der Waals surface area (Å²) in [5.41, 5.74) is 3.22. The average Bonchev–Trinajstić information content (AvgIpc) is 2.26. The Kier molecular flexibility index (Phi) is 4.45. The zero-order chi connectivity index (χ0) is 12.3. The second kappa shape index (κ2) is 5.42. The van der Waals surface area contributed by atoms with Crippen molar-refractivity contribution in [2.45, 2.75) is 27.7 Å². The van der Waals surface area contributed by atoms with Crippen LogP contribution in [0.2, 0.25) is 0 Å². The third kappa shape index (κ3) is 2.60. The van der Waals surface area contributed by atoms with E-state index >= 15 is 0 Å². The molecule has 1 aromatic rings. The van der Waals surface area contributed by atoms with Gasteiger partial charge in [0.2, 0.25) is 5.52 Å². The standard InChI is InChI=1S/C12H17O3P/c1-5-15-16(14)12(13)11-7-6-8(2)9(3)10(11)4/h6-7,16H,5H2,1-4H3. The summed E-state index contributed by atoms with van der Waals surface area (Å²) < 4.78 is 16.4. The highest BCUT2D eigenvalue weighted by Gasteiger charge is 2.17. The summed E-state index contributed by atoms with van der Waals surface area (Å²) in [4.78, 5) is 11.8. The number of hydrogen-bond acceptors (Lipinski definition) is 3.